The molecular formula is C22H32N4O2. The summed E-state index contributed by atoms with van der Waals surface area (Å²) in [4.78, 5) is 20.1. The first-order chi connectivity index (χ1) is 13.5. The number of nitrogens with one attached hydrogen (secondary N) is 2. The molecule has 0 saturated carbocycles. The van der Waals surface area contributed by atoms with E-state index >= 15 is 0 Å². The number of benzene rings is 1. The van der Waals surface area contributed by atoms with E-state index in [0.717, 1.165) is 32.4 Å². The van der Waals surface area contributed by atoms with E-state index in [2.05, 4.69) is 40.3 Å². The molecule has 1 saturated heterocycles. The van der Waals surface area contributed by atoms with E-state index in [0.29, 0.717) is 18.6 Å². The Morgan fingerprint density at radius 2 is 2.21 bits per heavy atom. The van der Waals surface area contributed by atoms with Crippen LogP contribution in [-0.4, -0.2) is 67.2 Å². The van der Waals surface area contributed by atoms with Crippen molar-refractivity contribution in [1.82, 2.24) is 20.1 Å². The summed E-state index contributed by atoms with van der Waals surface area (Å²) in [5, 5.41) is 4.62. The molecule has 152 valence electrons. The first-order valence-electron chi connectivity index (χ1n) is 10.4. The molecule has 0 spiro atoms. The molecule has 0 bridgehead atoms. The summed E-state index contributed by atoms with van der Waals surface area (Å²) in [5.74, 6) is 0.440. The lowest BCUT2D eigenvalue weighted by molar-refractivity contribution is 0.0983. The number of aromatic amines is 1. The van der Waals surface area contributed by atoms with Gasteiger partial charge < -0.3 is 19.9 Å². The zero-order valence-electron chi connectivity index (χ0n) is 17.4. The Kier molecular flexibility index (Phi) is 5.34. The van der Waals surface area contributed by atoms with Gasteiger partial charge in [0.05, 0.1) is 6.61 Å². The van der Waals surface area contributed by atoms with Crippen molar-refractivity contribution in [2.75, 3.05) is 34.3 Å². The van der Waals surface area contributed by atoms with Crippen molar-refractivity contribution in [3.05, 3.63) is 35.0 Å². The molecule has 6 heteroatoms. The topological polar surface area (TPSA) is 60.6 Å². The maximum Gasteiger partial charge on any atom is 0.317 e. The third-order valence-electron chi connectivity index (χ3n) is 6.32. The van der Waals surface area contributed by atoms with Crippen molar-refractivity contribution in [2.45, 2.75) is 50.8 Å². The Morgan fingerprint density at radius 1 is 1.39 bits per heavy atom. The van der Waals surface area contributed by atoms with Crippen LogP contribution in [-0.2, 0) is 17.8 Å². The largest absolute Gasteiger partial charge is 0.378 e. The lowest BCUT2D eigenvalue weighted by Crippen LogP contribution is -2.57. The number of carbonyl (C=O) groups is 1. The van der Waals surface area contributed by atoms with E-state index in [9.17, 15) is 4.79 Å². The van der Waals surface area contributed by atoms with Crippen LogP contribution < -0.4 is 5.32 Å². The summed E-state index contributed by atoms with van der Waals surface area (Å²) >= 11 is 0. The quantitative estimate of drug-likeness (QED) is 0.833. The fourth-order valence-corrected chi connectivity index (χ4v) is 5.18. The maximum absolute atomic E-state index is 12.3. The van der Waals surface area contributed by atoms with E-state index in [4.69, 9.17) is 4.74 Å². The van der Waals surface area contributed by atoms with Gasteiger partial charge in [-0.2, -0.15) is 0 Å². The standard InChI is InChI=1S/C22H32N4O2/c1-5-9-26-12-14(23-22(27)25(2)3)10-16-15-7-6-8-18-21(15)17(11-20(16)26)19(24-18)13-28-4/h6-8,14,16,20,24H,5,9-13H2,1-4H3,(H,23,27)/t14-,16?,20+/m0/s1. The molecule has 2 N–H and O–H groups in total. The molecule has 28 heavy (non-hydrogen) atoms. The van der Waals surface area contributed by atoms with E-state index in [1.165, 1.54) is 27.7 Å². The van der Waals surface area contributed by atoms with Crippen LogP contribution in [0.15, 0.2) is 18.2 Å². The predicted molar refractivity (Wildman–Crippen MR) is 112 cm³/mol. The van der Waals surface area contributed by atoms with Crippen LogP contribution in [0.1, 0.15) is 42.5 Å². The molecule has 4 rings (SSSR count). The average molecular weight is 385 g/mol. The monoisotopic (exact) mass is 384 g/mol. The van der Waals surface area contributed by atoms with Crippen molar-refractivity contribution >= 4 is 16.9 Å². The molecule has 2 heterocycles. The highest BCUT2D eigenvalue weighted by atomic mass is 16.5. The van der Waals surface area contributed by atoms with E-state index in [1.807, 2.05) is 0 Å². The highest BCUT2D eigenvalue weighted by Crippen LogP contribution is 2.44. The maximum atomic E-state index is 12.3. The first kappa shape index (κ1) is 19.3. The van der Waals surface area contributed by atoms with Gasteiger partial charge in [-0.05, 0) is 43.0 Å². The number of amides is 2. The number of likely N-dealkylation sites (tertiary alicyclic amines) is 1. The summed E-state index contributed by atoms with van der Waals surface area (Å²) < 4.78 is 5.46. The van der Waals surface area contributed by atoms with Gasteiger partial charge in [0.15, 0.2) is 0 Å². The number of fused-ring (bicyclic) bond motifs is 2. The Morgan fingerprint density at radius 3 is 2.93 bits per heavy atom. The Bertz CT molecular complexity index is 860. The van der Waals surface area contributed by atoms with E-state index in [-0.39, 0.29) is 12.1 Å². The predicted octanol–water partition coefficient (Wildman–Crippen LogP) is 3.08. The number of piperidine rings is 1. The van der Waals surface area contributed by atoms with Crippen molar-refractivity contribution < 1.29 is 9.53 Å². The molecule has 2 aliphatic rings. The summed E-state index contributed by atoms with van der Waals surface area (Å²) in [6.45, 7) is 4.84. The van der Waals surface area contributed by atoms with Crippen LogP contribution >= 0.6 is 0 Å². The molecule has 6 nitrogen and oxygen atoms in total. The van der Waals surface area contributed by atoms with Gasteiger partial charge in [-0.15, -0.1) is 0 Å². The molecular weight excluding hydrogens is 352 g/mol. The minimum atomic E-state index is -0.00127. The smallest absolute Gasteiger partial charge is 0.317 e. The van der Waals surface area contributed by atoms with E-state index in [1.54, 1.807) is 26.1 Å². The molecule has 2 aromatic rings. The summed E-state index contributed by atoms with van der Waals surface area (Å²) in [5.41, 5.74) is 5.26. The number of nitrogens with zero attached hydrogens (tertiary/aromatic N) is 2. The van der Waals surface area contributed by atoms with Crippen molar-refractivity contribution in [3.8, 4) is 0 Å². The molecule has 1 unspecified atom stereocenters. The number of hydrogen-bond donors (Lipinski definition) is 2. The van der Waals surface area contributed by atoms with Crippen LogP contribution in [0.5, 0.6) is 0 Å². The zero-order valence-corrected chi connectivity index (χ0v) is 17.4. The van der Waals surface area contributed by atoms with Crippen LogP contribution in [0.4, 0.5) is 4.79 Å². The second kappa shape index (κ2) is 7.76. The number of rotatable bonds is 5. The normalized spacial score (nSPS) is 24.2. The lowest BCUT2D eigenvalue weighted by atomic mass is 9.73. The molecule has 1 fully saturated rings. The van der Waals surface area contributed by atoms with Gasteiger partial charge >= 0.3 is 6.03 Å². The molecule has 0 radical (unpaired) electrons. The SMILES string of the molecule is CCCN1C[C@@H](NC(=O)N(C)C)CC2c3cccc4[nH]c(COC)c(c34)C[C@H]21. The number of methoxy groups -OCH3 is 1. The fourth-order valence-electron chi connectivity index (χ4n) is 5.18. The lowest BCUT2D eigenvalue weighted by Gasteiger charge is -2.47. The molecule has 1 aromatic carbocycles. The third-order valence-corrected chi connectivity index (χ3v) is 6.32. The Balaban J connectivity index is 1.72. The highest BCUT2D eigenvalue weighted by molar-refractivity contribution is 5.89. The number of aromatic nitrogens is 1. The van der Waals surface area contributed by atoms with Crippen LogP contribution in [0, 0.1) is 0 Å². The van der Waals surface area contributed by atoms with Gasteiger partial charge in [-0.1, -0.05) is 19.1 Å². The average Bonchev–Trinajstić information content (AvgIpc) is 3.02. The molecule has 3 atom stereocenters. The third kappa shape index (κ3) is 3.29. The van der Waals surface area contributed by atoms with Crippen LogP contribution in [0.3, 0.4) is 0 Å². The number of carbonyl (C=O) groups excluding carboxylic acids is 1. The van der Waals surface area contributed by atoms with Gasteiger partial charge in [0.25, 0.3) is 0 Å². The van der Waals surface area contributed by atoms with Crippen LogP contribution in [0.2, 0.25) is 0 Å². The molecule has 1 aliphatic carbocycles. The number of ether oxygens (including phenoxy) is 1. The summed E-state index contributed by atoms with van der Waals surface area (Å²) in [6.07, 6.45) is 3.16. The Hall–Kier alpha value is -2.05. The molecule has 2 amide bonds. The van der Waals surface area contributed by atoms with Gasteiger partial charge in [-0.25, -0.2) is 4.79 Å². The minimum absolute atomic E-state index is 0.00127. The number of hydrogen-bond acceptors (Lipinski definition) is 3. The zero-order chi connectivity index (χ0) is 19.8. The summed E-state index contributed by atoms with van der Waals surface area (Å²) in [6, 6.07) is 7.27. The van der Waals surface area contributed by atoms with Gasteiger partial charge in [-0.3, -0.25) is 4.90 Å². The highest BCUT2D eigenvalue weighted by Gasteiger charge is 2.41. The number of urea groups is 1. The molecule has 1 aliphatic heterocycles. The second-order valence-electron chi connectivity index (χ2n) is 8.43. The van der Waals surface area contributed by atoms with Crippen LogP contribution in [0.25, 0.3) is 10.9 Å². The van der Waals surface area contributed by atoms with Crippen molar-refractivity contribution in [2.24, 2.45) is 0 Å². The second-order valence-corrected chi connectivity index (χ2v) is 8.43. The fraction of sp³-hybridized carbons (Fsp3) is 0.591. The first-order valence-corrected chi connectivity index (χ1v) is 10.4. The Labute approximate surface area is 167 Å². The van der Waals surface area contributed by atoms with Gasteiger partial charge in [0.2, 0.25) is 0 Å². The summed E-state index contributed by atoms with van der Waals surface area (Å²) in [7, 11) is 5.36. The van der Waals surface area contributed by atoms with Gasteiger partial charge in [0, 0.05) is 62.3 Å². The van der Waals surface area contributed by atoms with Crippen molar-refractivity contribution in [3.63, 3.8) is 0 Å². The molecule has 1 aromatic heterocycles. The number of H-pyrrole nitrogens is 1. The van der Waals surface area contributed by atoms with E-state index < -0.39 is 0 Å². The van der Waals surface area contributed by atoms with Crippen molar-refractivity contribution in [1.29, 1.82) is 0 Å². The van der Waals surface area contributed by atoms with Gasteiger partial charge in [0.1, 0.15) is 0 Å². The minimum Gasteiger partial charge on any atom is -0.378 e.